The summed E-state index contributed by atoms with van der Waals surface area (Å²) in [5, 5.41) is 10.6. The minimum absolute atomic E-state index is 0.145. The number of aliphatic hydroxyl groups is 1. The van der Waals surface area contributed by atoms with Gasteiger partial charge in [0.05, 0.1) is 18.2 Å². The number of anilines is 1. The molecular weight excluding hydrogens is 354 g/mol. The van der Waals surface area contributed by atoms with Gasteiger partial charge in [-0.1, -0.05) is 57.2 Å². The van der Waals surface area contributed by atoms with E-state index in [0.29, 0.717) is 18.0 Å². The molecule has 0 spiro atoms. The number of ether oxygens (including phenoxy) is 1. The van der Waals surface area contributed by atoms with Crippen LogP contribution in [-0.4, -0.2) is 23.4 Å². The first-order chi connectivity index (χ1) is 13.5. The lowest BCUT2D eigenvalue weighted by molar-refractivity contribution is -0.119. The van der Waals surface area contributed by atoms with Crippen LogP contribution < -0.4 is 9.64 Å². The largest absolute Gasteiger partial charge is 0.503 e. The molecule has 146 valence electrons. The molecule has 1 amide bonds. The van der Waals surface area contributed by atoms with Crippen LogP contribution in [0.4, 0.5) is 5.69 Å². The quantitative estimate of drug-likeness (QED) is 0.763. The molecule has 0 bridgehead atoms. The number of hydrogen-bond acceptors (Lipinski definition) is 4. The molecule has 1 atom stereocenters. The molecule has 0 saturated carbocycles. The van der Waals surface area contributed by atoms with Gasteiger partial charge in [0.1, 0.15) is 5.75 Å². The van der Waals surface area contributed by atoms with Crippen molar-refractivity contribution in [1.82, 2.24) is 0 Å². The fourth-order valence-corrected chi connectivity index (χ4v) is 3.33. The lowest BCUT2D eigenvalue weighted by atomic mass is 9.91. The topological polar surface area (TPSA) is 66.8 Å². The van der Waals surface area contributed by atoms with Crippen LogP contribution in [0.15, 0.2) is 65.9 Å². The highest BCUT2D eigenvalue weighted by Gasteiger charge is 2.44. The number of ketones is 1. The first kappa shape index (κ1) is 19.7. The molecule has 28 heavy (non-hydrogen) atoms. The van der Waals surface area contributed by atoms with E-state index in [2.05, 4.69) is 0 Å². The monoisotopic (exact) mass is 379 g/mol. The summed E-state index contributed by atoms with van der Waals surface area (Å²) in [7, 11) is 0. The van der Waals surface area contributed by atoms with E-state index in [1.54, 1.807) is 32.0 Å². The molecule has 0 aromatic heterocycles. The molecule has 5 nitrogen and oxygen atoms in total. The van der Waals surface area contributed by atoms with Crippen LogP contribution in [-0.2, 0) is 9.59 Å². The lowest BCUT2D eigenvalue weighted by Crippen LogP contribution is -2.31. The van der Waals surface area contributed by atoms with Crippen molar-refractivity contribution in [1.29, 1.82) is 0 Å². The molecule has 2 aromatic carbocycles. The number of nitrogens with zero attached hydrogens (tertiary/aromatic N) is 1. The zero-order valence-corrected chi connectivity index (χ0v) is 16.4. The van der Waals surface area contributed by atoms with Crippen molar-refractivity contribution >= 4 is 17.4 Å². The Balaban J connectivity index is 2.10. The van der Waals surface area contributed by atoms with Crippen LogP contribution in [0.25, 0.3) is 0 Å². The van der Waals surface area contributed by atoms with Crippen molar-refractivity contribution in [3.8, 4) is 5.75 Å². The second-order valence-corrected chi connectivity index (χ2v) is 7.12. The van der Waals surface area contributed by atoms with Gasteiger partial charge >= 0.3 is 0 Å². The molecule has 1 aliphatic rings. The number of rotatable bonds is 7. The van der Waals surface area contributed by atoms with Gasteiger partial charge in [-0.2, -0.15) is 0 Å². The van der Waals surface area contributed by atoms with Crippen LogP contribution in [0.2, 0.25) is 0 Å². The molecule has 1 aliphatic heterocycles. The van der Waals surface area contributed by atoms with Gasteiger partial charge in [-0.05, 0) is 24.1 Å². The molecule has 0 aliphatic carbocycles. The summed E-state index contributed by atoms with van der Waals surface area (Å²) >= 11 is 0. The second-order valence-electron chi connectivity index (χ2n) is 7.12. The summed E-state index contributed by atoms with van der Waals surface area (Å²) in [6.45, 7) is 6.11. The zero-order chi connectivity index (χ0) is 20.3. The van der Waals surface area contributed by atoms with E-state index >= 15 is 0 Å². The molecule has 1 unspecified atom stereocenters. The first-order valence-electron chi connectivity index (χ1n) is 9.54. The van der Waals surface area contributed by atoms with Crippen molar-refractivity contribution in [2.24, 2.45) is 5.92 Å². The number of benzene rings is 2. The maximum Gasteiger partial charge on any atom is 0.294 e. The van der Waals surface area contributed by atoms with E-state index in [9.17, 15) is 14.7 Å². The highest BCUT2D eigenvalue weighted by molar-refractivity contribution is 6.16. The number of carbonyl (C=O) groups is 2. The standard InChI is InChI=1S/C23H25NO4/c1-4-13-28-18-12-8-11-17(14-18)24-20(16-9-6-5-7-10-16)19(21(25)15(2)3)22(26)23(24)27/h5-12,14-15,20,26H,4,13H2,1-3H3. The van der Waals surface area contributed by atoms with Crippen LogP contribution >= 0.6 is 0 Å². The molecule has 0 fully saturated rings. The van der Waals surface area contributed by atoms with E-state index in [1.807, 2.05) is 43.3 Å². The van der Waals surface area contributed by atoms with Crippen LogP contribution in [0.3, 0.4) is 0 Å². The lowest BCUT2D eigenvalue weighted by Gasteiger charge is -2.27. The molecule has 5 heteroatoms. The Kier molecular flexibility index (Phi) is 5.83. The van der Waals surface area contributed by atoms with Gasteiger partial charge in [0.15, 0.2) is 11.5 Å². The summed E-state index contributed by atoms with van der Waals surface area (Å²) in [6, 6.07) is 15.8. The predicted octanol–water partition coefficient (Wildman–Crippen LogP) is 4.60. The van der Waals surface area contributed by atoms with Gasteiger partial charge in [0.2, 0.25) is 0 Å². The Morgan fingerprint density at radius 2 is 1.86 bits per heavy atom. The maximum atomic E-state index is 13.0. The number of hydrogen-bond donors (Lipinski definition) is 1. The number of amides is 1. The molecular formula is C23H25NO4. The van der Waals surface area contributed by atoms with Crippen molar-refractivity contribution in [2.45, 2.75) is 33.2 Å². The Labute approximate surface area is 165 Å². The Morgan fingerprint density at radius 1 is 1.14 bits per heavy atom. The minimum atomic E-state index is -0.676. The SMILES string of the molecule is CCCOc1cccc(N2C(=O)C(O)=C(C(=O)C(C)C)C2c2ccccc2)c1. The smallest absolute Gasteiger partial charge is 0.294 e. The van der Waals surface area contributed by atoms with E-state index < -0.39 is 17.7 Å². The minimum Gasteiger partial charge on any atom is -0.503 e. The van der Waals surface area contributed by atoms with Gasteiger partial charge in [-0.3, -0.25) is 14.5 Å². The number of Topliss-reactive ketones (excluding diaryl/α,β-unsaturated/α-hetero) is 1. The van der Waals surface area contributed by atoms with E-state index in [0.717, 1.165) is 12.0 Å². The molecule has 2 aromatic rings. The maximum absolute atomic E-state index is 13.0. The third kappa shape index (κ3) is 3.65. The highest BCUT2D eigenvalue weighted by atomic mass is 16.5. The number of aliphatic hydroxyl groups excluding tert-OH is 1. The van der Waals surface area contributed by atoms with Gasteiger partial charge in [0, 0.05) is 17.7 Å². The summed E-state index contributed by atoms with van der Waals surface area (Å²) < 4.78 is 5.69. The number of carbonyl (C=O) groups excluding carboxylic acids is 2. The Hall–Kier alpha value is -3.08. The summed E-state index contributed by atoms with van der Waals surface area (Å²) in [4.78, 5) is 27.3. The van der Waals surface area contributed by atoms with Gasteiger partial charge in [-0.15, -0.1) is 0 Å². The van der Waals surface area contributed by atoms with Crippen molar-refractivity contribution < 1.29 is 19.4 Å². The fraction of sp³-hybridized carbons (Fsp3) is 0.304. The van der Waals surface area contributed by atoms with Crippen LogP contribution in [0, 0.1) is 5.92 Å². The third-order valence-corrected chi connectivity index (χ3v) is 4.68. The third-order valence-electron chi connectivity index (χ3n) is 4.68. The molecule has 3 rings (SSSR count). The van der Waals surface area contributed by atoms with Crippen LogP contribution in [0.1, 0.15) is 38.8 Å². The molecule has 1 N–H and O–H groups in total. The van der Waals surface area contributed by atoms with Gasteiger partial charge in [0.25, 0.3) is 5.91 Å². The van der Waals surface area contributed by atoms with Gasteiger partial charge in [-0.25, -0.2) is 0 Å². The average Bonchev–Trinajstić information content (AvgIpc) is 2.97. The van der Waals surface area contributed by atoms with E-state index in [4.69, 9.17) is 4.74 Å². The molecule has 0 saturated heterocycles. The zero-order valence-electron chi connectivity index (χ0n) is 16.4. The Morgan fingerprint density at radius 3 is 2.50 bits per heavy atom. The Bertz CT molecular complexity index is 902. The van der Waals surface area contributed by atoms with Crippen molar-refractivity contribution in [3.05, 3.63) is 71.5 Å². The summed E-state index contributed by atoms with van der Waals surface area (Å²) in [6.07, 6.45) is 0.870. The second kappa shape index (κ2) is 8.30. The fourth-order valence-electron chi connectivity index (χ4n) is 3.33. The van der Waals surface area contributed by atoms with Crippen molar-refractivity contribution in [2.75, 3.05) is 11.5 Å². The van der Waals surface area contributed by atoms with Gasteiger partial charge < -0.3 is 9.84 Å². The van der Waals surface area contributed by atoms with Crippen molar-refractivity contribution in [3.63, 3.8) is 0 Å². The summed E-state index contributed by atoms with van der Waals surface area (Å²) in [5.74, 6) is -0.990. The summed E-state index contributed by atoms with van der Waals surface area (Å²) in [5.41, 5.74) is 1.49. The van der Waals surface area contributed by atoms with Crippen LogP contribution in [0.5, 0.6) is 5.75 Å². The molecule has 0 radical (unpaired) electrons. The average molecular weight is 379 g/mol. The highest BCUT2D eigenvalue weighted by Crippen LogP contribution is 2.42. The predicted molar refractivity (Wildman–Crippen MR) is 108 cm³/mol. The first-order valence-corrected chi connectivity index (χ1v) is 9.54. The van der Waals surface area contributed by atoms with E-state index in [-0.39, 0.29) is 17.3 Å². The molecule has 1 heterocycles. The normalized spacial score (nSPS) is 16.8. The van der Waals surface area contributed by atoms with E-state index in [1.165, 1.54) is 4.90 Å².